The van der Waals surface area contributed by atoms with Gasteiger partial charge in [-0.05, 0) is 49.5 Å². The fraction of sp³-hybridized carbons (Fsp3) is 0.500. The van der Waals surface area contributed by atoms with E-state index in [0.29, 0.717) is 12.5 Å². The Morgan fingerprint density at radius 2 is 2.32 bits per heavy atom. The summed E-state index contributed by atoms with van der Waals surface area (Å²) >= 11 is 0. The van der Waals surface area contributed by atoms with Gasteiger partial charge in [-0.25, -0.2) is 4.39 Å². The molecule has 1 atom stereocenters. The fourth-order valence-electron chi connectivity index (χ4n) is 2.27. The summed E-state index contributed by atoms with van der Waals surface area (Å²) in [6.45, 7) is 2.85. The van der Waals surface area contributed by atoms with Crippen LogP contribution in [0.25, 0.3) is 0 Å². The smallest absolute Gasteiger partial charge is 0.224 e. The first-order chi connectivity index (χ1) is 8.74. The molecule has 1 fully saturated rings. The van der Waals surface area contributed by atoms with Crippen LogP contribution in [0.5, 0.6) is 0 Å². The molecule has 0 bridgehead atoms. The first-order valence-corrected chi connectivity index (χ1v) is 6.46. The summed E-state index contributed by atoms with van der Waals surface area (Å²) in [5.74, 6) is 0.350. The molecule has 1 aliphatic rings. The maximum Gasteiger partial charge on any atom is 0.224 e. The zero-order valence-electron chi connectivity index (χ0n) is 10.8. The Hall–Kier alpha value is -1.13. The van der Waals surface area contributed by atoms with Gasteiger partial charge >= 0.3 is 0 Å². The van der Waals surface area contributed by atoms with Gasteiger partial charge in [-0.1, -0.05) is 12.1 Å². The molecular formula is C14H20ClFN2O. The highest BCUT2D eigenvalue weighted by Crippen LogP contribution is 2.10. The Kier molecular flexibility index (Phi) is 6.81. The second kappa shape index (κ2) is 8.12. The number of carbonyl (C=O) groups is 1. The summed E-state index contributed by atoms with van der Waals surface area (Å²) in [7, 11) is 0. The number of amides is 1. The van der Waals surface area contributed by atoms with Crippen molar-refractivity contribution in [3.05, 3.63) is 35.6 Å². The van der Waals surface area contributed by atoms with Crippen molar-refractivity contribution in [2.75, 3.05) is 19.6 Å². The van der Waals surface area contributed by atoms with Gasteiger partial charge in [0.1, 0.15) is 5.82 Å². The summed E-state index contributed by atoms with van der Waals surface area (Å²) < 4.78 is 12.9. The highest BCUT2D eigenvalue weighted by atomic mass is 35.5. The average molecular weight is 287 g/mol. The normalized spacial score (nSPS) is 17.8. The molecule has 0 aromatic heterocycles. The number of carbonyl (C=O) groups excluding carboxylic acids is 1. The summed E-state index contributed by atoms with van der Waals surface area (Å²) in [6, 6.07) is 6.18. The van der Waals surface area contributed by atoms with Crippen molar-refractivity contribution in [3.8, 4) is 0 Å². The van der Waals surface area contributed by atoms with Gasteiger partial charge in [-0.15, -0.1) is 12.4 Å². The summed E-state index contributed by atoms with van der Waals surface area (Å²) in [5, 5.41) is 6.19. The molecule has 1 aromatic carbocycles. The fourth-order valence-corrected chi connectivity index (χ4v) is 2.27. The highest BCUT2D eigenvalue weighted by molar-refractivity contribution is 5.85. The molecule has 2 rings (SSSR count). The number of benzene rings is 1. The second-order valence-corrected chi connectivity index (χ2v) is 4.80. The molecule has 0 radical (unpaired) electrons. The number of hydrogen-bond acceptors (Lipinski definition) is 2. The molecule has 0 saturated carbocycles. The summed E-state index contributed by atoms with van der Waals surface area (Å²) in [6.07, 6.45) is 2.46. The Bertz CT molecular complexity index is 408. The monoisotopic (exact) mass is 286 g/mol. The molecule has 106 valence electrons. The van der Waals surface area contributed by atoms with E-state index < -0.39 is 0 Å². The number of nitrogens with one attached hydrogen (secondary N) is 2. The van der Waals surface area contributed by atoms with E-state index in [2.05, 4.69) is 10.6 Å². The molecule has 3 nitrogen and oxygen atoms in total. The molecule has 0 spiro atoms. The van der Waals surface area contributed by atoms with Gasteiger partial charge in [0.2, 0.25) is 5.91 Å². The van der Waals surface area contributed by atoms with Crippen LogP contribution < -0.4 is 10.6 Å². The Morgan fingerprint density at radius 1 is 1.47 bits per heavy atom. The van der Waals surface area contributed by atoms with Crippen LogP contribution in [0.4, 0.5) is 4.39 Å². The van der Waals surface area contributed by atoms with E-state index in [4.69, 9.17) is 0 Å². The lowest BCUT2D eigenvalue weighted by Crippen LogP contribution is -2.27. The summed E-state index contributed by atoms with van der Waals surface area (Å²) in [5.41, 5.74) is 0.718. The standard InChI is InChI=1S/C14H19FN2O.ClH/c15-13-3-1-2-12(8-13)9-14(18)17-7-5-11-4-6-16-10-11;/h1-3,8,11,16H,4-7,9-10H2,(H,17,18);1H. The molecule has 1 saturated heterocycles. The maximum atomic E-state index is 12.9. The van der Waals surface area contributed by atoms with Gasteiger partial charge in [0.05, 0.1) is 6.42 Å². The van der Waals surface area contributed by atoms with Crippen LogP contribution in [-0.4, -0.2) is 25.5 Å². The zero-order chi connectivity index (χ0) is 12.8. The highest BCUT2D eigenvalue weighted by Gasteiger charge is 2.14. The van der Waals surface area contributed by atoms with Crippen molar-refractivity contribution in [3.63, 3.8) is 0 Å². The van der Waals surface area contributed by atoms with E-state index in [-0.39, 0.29) is 30.6 Å². The molecule has 19 heavy (non-hydrogen) atoms. The van der Waals surface area contributed by atoms with Crippen LogP contribution in [0.15, 0.2) is 24.3 Å². The van der Waals surface area contributed by atoms with E-state index in [0.717, 1.165) is 25.1 Å². The first kappa shape index (κ1) is 15.9. The minimum Gasteiger partial charge on any atom is -0.356 e. The van der Waals surface area contributed by atoms with Gasteiger partial charge in [0.25, 0.3) is 0 Å². The molecule has 1 heterocycles. The SMILES string of the molecule is Cl.O=C(Cc1cccc(F)c1)NCCC1CCNC1. The molecule has 1 aliphatic heterocycles. The zero-order valence-corrected chi connectivity index (χ0v) is 11.6. The van der Waals surface area contributed by atoms with Crippen LogP contribution in [-0.2, 0) is 11.2 Å². The topological polar surface area (TPSA) is 41.1 Å². The predicted octanol–water partition coefficient (Wildman–Crippen LogP) is 1.91. The molecule has 0 aliphatic carbocycles. The quantitative estimate of drug-likeness (QED) is 0.868. The molecule has 1 amide bonds. The van der Waals surface area contributed by atoms with Gasteiger partial charge in [-0.3, -0.25) is 4.79 Å². The number of hydrogen-bond donors (Lipinski definition) is 2. The Morgan fingerprint density at radius 3 is 3.00 bits per heavy atom. The molecule has 1 unspecified atom stereocenters. The minimum absolute atomic E-state index is 0. The average Bonchev–Trinajstić information content (AvgIpc) is 2.82. The Labute approximate surface area is 119 Å². The van der Waals surface area contributed by atoms with Crippen LogP contribution in [0.2, 0.25) is 0 Å². The van der Waals surface area contributed by atoms with Crippen molar-refractivity contribution >= 4 is 18.3 Å². The molecule has 1 aromatic rings. The van der Waals surface area contributed by atoms with Crippen LogP contribution in [0.1, 0.15) is 18.4 Å². The number of rotatable bonds is 5. The van der Waals surface area contributed by atoms with E-state index in [1.165, 1.54) is 18.6 Å². The van der Waals surface area contributed by atoms with Crippen molar-refractivity contribution in [2.45, 2.75) is 19.3 Å². The Balaban J connectivity index is 0.00000180. The van der Waals surface area contributed by atoms with Gasteiger partial charge in [0.15, 0.2) is 0 Å². The van der Waals surface area contributed by atoms with Crippen LogP contribution in [0, 0.1) is 11.7 Å². The number of halogens is 2. The van der Waals surface area contributed by atoms with E-state index in [9.17, 15) is 9.18 Å². The molecular weight excluding hydrogens is 267 g/mol. The summed E-state index contributed by atoms with van der Waals surface area (Å²) in [4.78, 5) is 11.6. The van der Waals surface area contributed by atoms with Crippen LogP contribution in [0.3, 0.4) is 0 Å². The van der Waals surface area contributed by atoms with Crippen molar-refractivity contribution in [2.24, 2.45) is 5.92 Å². The lowest BCUT2D eigenvalue weighted by molar-refractivity contribution is -0.120. The largest absolute Gasteiger partial charge is 0.356 e. The maximum absolute atomic E-state index is 12.9. The third kappa shape index (κ3) is 5.57. The van der Waals surface area contributed by atoms with Crippen molar-refractivity contribution in [1.82, 2.24) is 10.6 Å². The predicted molar refractivity (Wildman–Crippen MR) is 76.0 cm³/mol. The van der Waals surface area contributed by atoms with E-state index >= 15 is 0 Å². The lowest BCUT2D eigenvalue weighted by atomic mass is 10.1. The van der Waals surface area contributed by atoms with Crippen LogP contribution >= 0.6 is 12.4 Å². The third-order valence-electron chi connectivity index (χ3n) is 3.29. The van der Waals surface area contributed by atoms with E-state index in [1.807, 2.05) is 0 Å². The van der Waals surface area contributed by atoms with Gasteiger partial charge in [0, 0.05) is 6.54 Å². The molecule has 5 heteroatoms. The minimum atomic E-state index is -0.294. The van der Waals surface area contributed by atoms with Gasteiger partial charge < -0.3 is 10.6 Å². The molecule has 2 N–H and O–H groups in total. The van der Waals surface area contributed by atoms with Crippen molar-refractivity contribution < 1.29 is 9.18 Å². The lowest BCUT2D eigenvalue weighted by Gasteiger charge is -2.09. The van der Waals surface area contributed by atoms with E-state index in [1.54, 1.807) is 12.1 Å². The first-order valence-electron chi connectivity index (χ1n) is 6.46. The third-order valence-corrected chi connectivity index (χ3v) is 3.29. The van der Waals surface area contributed by atoms with Gasteiger partial charge in [-0.2, -0.15) is 0 Å². The van der Waals surface area contributed by atoms with Crippen molar-refractivity contribution in [1.29, 1.82) is 0 Å². The second-order valence-electron chi connectivity index (χ2n) is 4.80.